The number of nitrogens with one attached hydrogen (secondary N) is 3. The maximum Gasteiger partial charge on any atom is 0.323 e. The first kappa shape index (κ1) is 23.5. The molecule has 0 aromatic heterocycles. The van der Waals surface area contributed by atoms with Gasteiger partial charge in [0.2, 0.25) is 6.41 Å². The van der Waals surface area contributed by atoms with E-state index in [4.69, 9.17) is 24.2 Å². The number of piperidine rings is 1. The summed E-state index contributed by atoms with van der Waals surface area (Å²) in [6.07, 6.45) is 6.04. The minimum Gasteiger partial charge on any atom is -0.463 e. The Balaban J connectivity index is 0.00000145. The molecule has 7 N–H and O–H groups in total. The zero-order chi connectivity index (χ0) is 21.5. The largest absolute Gasteiger partial charge is 0.463 e. The van der Waals surface area contributed by atoms with Gasteiger partial charge < -0.3 is 21.1 Å². The normalized spacial score (nSPS) is 34.9. The van der Waals surface area contributed by atoms with Crippen molar-refractivity contribution in [3.63, 3.8) is 0 Å². The molecule has 29 heavy (non-hydrogen) atoms. The fraction of sp³-hybridized carbons (Fsp3) is 0.833. The Morgan fingerprint density at radius 2 is 2.21 bits per heavy atom. The molecule has 2 aliphatic heterocycles. The average molecular weight is 403 g/mol. The molecule has 159 valence electrons. The summed E-state index contributed by atoms with van der Waals surface area (Å²) in [4.78, 5) is 22.6. The van der Waals surface area contributed by atoms with Crippen molar-refractivity contribution in [2.45, 2.75) is 69.1 Å². The van der Waals surface area contributed by atoms with Crippen molar-refractivity contribution in [3.8, 4) is 0 Å². The summed E-state index contributed by atoms with van der Waals surface area (Å²) in [5.41, 5.74) is 8.02. The lowest BCUT2D eigenvalue weighted by Crippen LogP contribution is -2.55. The number of carbonyl (C=O) groups excluding carboxylic acids is 2. The number of hydrogen-bond donors (Lipinski definition) is 5. The highest BCUT2D eigenvalue weighted by atomic mass is 16.5. The van der Waals surface area contributed by atoms with Crippen LogP contribution in [-0.2, 0) is 14.3 Å². The number of hydrogen-bond acceptors (Lipinski definition) is 7. The lowest BCUT2D eigenvalue weighted by atomic mass is 9.60. The van der Waals surface area contributed by atoms with E-state index < -0.39 is 11.4 Å². The molecule has 9 nitrogen and oxygen atoms in total. The summed E-state index contributed by atoms with van der Waals surface area (Å²) < 4.78 is 5.26. The molecule has 3 rings (SSSR count). The maximum atomic E-state index is 12.4. The minimum absolute atomic E-state index is 0.0161. The van der Waals surface area contributed by atoms with Gasteiger partial charge in [-0.1, -0.05) is 32.0 Å². The van der Waals surface area contributed by atoms with Crippen molar-refractivity contribution in [1.29, 1.82) is 0 Å². The van der Waals surface area contributed by atoms with Crippen LogP contribution in [0.4, 0.5) is 0 Å². The number of nitrogens with two attached hydrogens (primary N) is 2. The number of hydrazone groups is 1. The molecule has 0 bridgehead atoms. The second-order valence-corrected chi connectivity index (χ2v) is 7.83. The molecule has 1 spiro atoms. The first-order valence-corrected chi connectivity index (χ1v) is 10.5. The zero-order valence-corrected chi connectivity index (χ0v) is 17.4. The quantitative estimate of drug-likeness (QED) is 0.0500. The molecule has 3 aliphatic rings. The Labute approximate surface area is 175 Å². The van der Waals surface area contributed by atoms with Crippen LogP contribution in [0, 0.1) is 11.8 Å². The van der Waals surface area contributed by atoms with Crippen LogP contribution in [0.15, 0.2) is 5.10 Å². The van der Waals surface area contributed by atoms with Gasteiger partial charge in [-0.05, 0) is 36.4 Å². The van der Waals surface area contributed by atoms with Gasteiger partial charge in [0.15, 0.2) is 0 Å². The van der Waals surface area contributed by atoms with Gasteiger partial charge in [-0.2, -0.15) is 5.10 Å². The smallest absolute Gasteiger partial charge is 0.323 e. The Bertz CT molecular complexity index is 610. The third-order valence-electron chi connectivity index (χ3n) is 6.29. The summed E-state index contributed by atoms with van der Waals surface area (Å²) in [7, 11) is 8.68. The van der Waals surface area contributed by atoms with Crippen LogP contribution in [0.1, 0.15) is 52.4 Å². The SMILES string of the molecule is CC.[B]C12[B]C13CCC(CC/C(N)=N/NN)CC3CC(C(=O)OCCNC=O)N2. The van der Waals surface area contributed by atoms with Crippen LogP contribution in [0.25, 0.3) is 0 Å². The number of amidine groups is 1. The van der Waals surface area contributed by atoms with E-state index in [0.717, 1.165) is 25.7 Å². The van der Waals surface area contributed by atoms with E-state index in [1.807, 2.05) is 13.8 Å². The minimum atomic E-state index is -0.588. The number of carbonyl (C=O) groups is 2. The van der Waals surface area contributed by atoms with Crippen LogP contribution in [0.5, 0.6) is 0 Å². The Morgan fingerprint density at radius 3 is 2.90 bits per heavy atom. The van der Waals surface area contributed by atoms with E-state index >= 15 is 0 Å². The molecule has 3 fully saturated rings. The molecule has 2 saturated heterocycles. The third kappa shape index (κ3) is 5.25. The molecule has 1 saturated carbocycles. The predicted octanol–water partition coefficient (Wildman–Crippen LogP) is -0.705. The number of nitrogens with zero attached hydrogens (tertiary/aromatic N) is 1. The highest BCUT2D eigenvalue weighted by Gasteiger charge is 2.71. The van der Waals surface area contributed by atoms with Gasteiger partial charge >= 0.3 is 5.97 Å². The van der Waals surface area contributed by atoms with Crippen LogP contribution in [0.3, 0.4) is 0 Å². The van der Waals surface area contributed by atoms with Gasteiger partial charge in [-0.3, -0.25) is 9.59 Å². The van der Waals surface area contributed by atoms with Crippen molar-refractivity contribution in [2.75, 3.05) is 13.2 Å². The molecule has 5 unspecified atom stereocenters. The van der Waals surface area contributed by atoms with Crippen LogP contribution >= 0.6 is 0 Å². The fourth-order valence-corrected chi connectivity index (χ4v) is 4.87. The van der Waals surface area contributed by atoms with Crippen molar-refractivity contribution in [3.05, 3.63) is 0 Å². The predicted molar refractivity (Wildman–Crippen MR) is 114 cm³/mol. The number of rotatable bonds is 9. The molecule has 1 aliphatic carbocycles. The van der Waals surface area contributed by atoms with E-state index in [2.05, 4.69) is 28.5 Å². The molecular weight excluding hydrogens is 370 g/mol. The number of hydrazine groups is 1. The van der Waals surface area contributed by atoms with Gasteiger partial charge in [0.25, 0.3) is 0 Å². The molecule has 0 aromatic rings. The second kappa shape index (κ2) is 10.3. The highest BCUT2D eigenvalue weighted by molar-refractivity contribution is 6.72. The summed E-state index contributed by atoms with van der Waals surface area (Å²) >= 11 is 0. The summed E-state index contributed by atoms with van der Waals surface area (Å²) in [6, 6.07) is -0.421. The van der Waals surface area contributed by atoms with Gasteiger partial charge in [0.05, 0.1) is 14.4 Å². The van der Waals surface area contributed by atoms with Crippen LogP contribution < -0.4 is 27.7 Å². The summed E-state index contributed by atoms with van der Waals surface area (Å²) in [6.45, 7) is 4.46. The van der Waals surface area contributed by atoms with Crippen molar-refractivity contribution in [1.82, 2.24) is 16.2 Å². The Hall–Kier alpha value is -1.74. The monoisotopic (exact) mass is 403 g/mol. The van der Waals surface area contributed by atoms with E-state index in [1.165, 1.54) is 0 Å². The molecule has 2 heterocycles. The van der Waals surface area contributed by atoms with Gasteiger partial charge in [-0.25, -0.2) is 11.4 Å². The van der Waals surface area contributed by atoms with Crippen LogP contribution in [-0.4, -0.2) is 57.9 Å². The van der Waals surface area contributed by atoms with E-state index in [1.54, 1.807) is 0 Å². The molecule has 1 amide bonds. The number of amides is 1. The third-order valence-corrected chi connectivity index (χ3v) is 6.29. The van der Waals surface area contributed by atoms with Crippen molar-refractivity contribution in [2.24, 2.45) is 28.5 Å². The summed E-state index contributed by atoms with van der Waals surface area (Å²) in [5.74, 6) is 6.21. The number of esters is 1. The standard InChI is InChI=1S/C16H27B2N6O3.C2H6/c17-16-15(18-16)4-3-10(1-2-13(19)23-24-20)7-11(15)8-12(22-16)14(26)27-6-5-21-9-25;1-2/h9-12,22,24H,1-8,20H2,(H2,19,23)(H,21,25);1-2H3. The van der Waals surface area contributed by atoms with E-state index in [-0.39, 0.29) is 17.9 Å². The average Bonchev–Trinajstić information content (AvgIpc) is 3.34. The fourth-order valence-electron chi connectivity index (χ4n) is 4.87. The van der Waals surface area contributed by atoms with E-state index in [9.17, 15) is 9.59 Å². The molecule has 5 atom stereocenters. The zero-order valence-electron chi connectivity index (χ0n) is 17.4. The second-order valence-electron chi connectivity index (χ2n) is 7.83. The van der Waals surface area contributed by atoms with Crippen molar-refractivity contribution < 1.29 is 14.3 Å². The van der Waals surface area contributed by atoms with Gasteiger partial charge in [0, 0.05) is 6.42 Å². The lowest BCUT2D eigenvalue weighted by molar-refractivity contribution is -0.147. The topological polar surface area (TPSA) is 144 Å². The molecule has 11 heteroatoms. The van der Waals surface area contributed by atoms with Gasteiger partial charge in [-0.15, -0.1) is 0 Å². The maximum absolute atomic E-state index is 12.4. The first-order chi connectivity index (χ1) is 13.9. The van der Waals surface area contributed by atoms with E-state index in [0.29, 0.717) is 43.5 Å². The highest BCUT2D eigenvalue weighted by Crippen LogP contribution is 2.69. The first-order valence-electron chi connectivity index (χ1n) is 10.5. The van der Waals surface area contributed by atoms with Crippen molar-refractivity contribution >= 4 is 33.3 Å². The molecule has 0 aromatic carbocycles. The van der Waals surface area contributed by atoms with Crippen LogP contribution in [0.2, 0.25) is 5.31 Å². The number of ether oxygens (including phenoxy) is 1. The summed E-state index contributed by atoms with van der Waals surface area (Å²) in [5, 5.41) is 8.94. The Morgan fingerprint density at radius 1 is 1.45 bits per heavy atom. The van der Waals surface area contributed by atoms with Gasteiger partial charge in [0.1, 0.15) is 25.8 Å². The molecule has 3 radical (unpaired) electrons. The molecular formula is C18H33B2N6O3. The lowest BCUT2D eigenvalue weighted by Gasteiger charge is -2.47. The Kier molecular flexibility index (Phi) is 8.39.